The molecule has 1 aromatic carbocycles. The summed E-state index contributed by atoms with van der Waals surface area (Å²) >= 11 is 0. The number of rotatable bonds is 5. The highest BCUT2D eigenvalue weighted by atomic mass is 16.5. The number of anilines is 2. The molecule has 8 heteroatoms. The lowest BCUT2D eigenvalue weighted by molar-refractivity contribution is 0.0973. The minimum atomic E-state index is 0.208. The molecule has 0 bridgehead atoms. The highest BCUT2D eigenvalue weighted by Gasteiger charge is 2.27. The Morgan fingerprint density at radius 1 is 0.939 bits per heavy atom. The van der Waals surface area contributed by atoms with Crippen LogP contribution in [0.25, 0.3) is 22.3 Å². The lowest BCUT2D eigenvalue weighted by Crippen LogP contribution is -2.46. The van der Waals surface area contributed by atoms with Crippen molar-refractivity contribution in [2.45, 2.75) is 32.5 Å². The molecule has 33 heavy (non-hydrogen) atoms. The minimum Gasteiger partial charge on any atom is -0.380 e. The third-order valence-corrected chi connectivity index (χ3v) is 6.33. The molecule has 2 aliphatic heterocycles. The first-order valence-corrected chi connectivity index (χ1v) is 11.6. The Balaban J connectivity index is 1.62. The number of hydrogen-bond acceptors (Lipinski definition) is 8. The number of pyridine rings is 1. The van der Waals surface area contributed by atoms with Gasteiger partial charge >= 0.3 is 0 Å². The Morgan fingerprint density at radius 3 is 2.42 bits per heavy atom. The van der Waals surface area contributed by atoms with E-state index >= 15 is 0 Å². The molecule has 2 aromatic heterocycles. The number of nitrogens with zero attached hydrogens (tertiary/aromatic N) is 5. The number of methoxy groups -OCH3 is 1. The number of fused-ring (bicyclic) bond motifs is 1. The van der Waals surface area contributed by atoms with E-state index in [9.17, 15) is 0 Å². The topological polar surface area (TPSA) is 72.8 Å². The molecule has 2 aliphatic rings. The quantitative estimate of drug-likeness (QED) is 0.588. The molecule has 8 nitrogen and oxygen atoms in total. The summed E-state index contributed by atoms with van der Waals surface area (Å²) in [5.41, 5.74) is 3.76. The molecule has 3 aromatic rings. The number of hydrogen-bond donors (Lipinski definition) is 0. The van der Waals surface area contributed by atoms with Crippen molar-refractivity contribution in [2.24, 2.45) is 0 Å². The van der Waals surface area contributed by atoms with Gasteiger partial charge in [0.25, 0.3) is 0 Å². The Kier molecular flexibility index (Phi) is 6.39. The fourth-order valence-electron chi connectivity index (χ4n) is 4.54. The van der Waals surface area contributed by atoms with E-state index in [1.807, 2.05) is 6.07 Å². The third-order valence-electron chi connectivity index (χ3n) is 6.33. The van der Waals surface area contributed by atoms with Gasteiger partial charge in [-0.1, -0.05) is 18.2 Å². The van der Waals surface area contributed by atoms with Gasteiger partial charge in [0.2, 0.25) is 5.95 Å². The molecule has 5 rings (SSSR count). The van der Waals surface area contributed by atoms with Gasteiger partial charge in [-0.05, 0) is 37.6 Å². The van der Waals surface area contributed by atoms with Crippen LogP contribution in [-0.4, -0.2) is 73.7 Å². The standard InChI is InChI=1S/C25H31N5O3/c1-17-14-32-11-9-29(17)24-21-7-8-22(20-6-4-5-19(13-20)16-31-3)26-23(21)27-25(28-24)30-10-12-33-15-18(30)2/h4-8,13,17-18H,9-12,14-16H2,1-3H3/t17-,18-/m0/s1. The maximum atomic E-state index is 5.68. The Morgan fingerprint density at radius 2 is 1.70 bits per heavy atom. The van der Waals surface area contributed by atoms with E-state index in [-0.39, 0.29) is 12.1 Å². The normalized spacial score (nSPS) is 21.5. The highest BCUT2D eigenvalue weighted by molar-refractivity contribution is 5.90. The Labute approximate surface area is 194 Å². The van der Waals surface area contributed by atoms with Gasteiger partial charge < -0.3 is 24.0 Å². The first kappa shape index (κ1) is 22.0. The largest absolute Gasteiger partial charge is 0.380 e. The summed E-state index contributed by atoms with van der Waals surface area (Å²) in [6.45, 7) is 9.18. The second-order valence-corrected chi connectivity index (χ2v) is 8.78. The minimum absolute atomic E-state index is 0.208. The molecule has 174 valence electrons. The molecule has 0 unspecified atom stereocenters. The van der Waals surface area contributed by atoms with Crippen molar-refractivity contribution in [3.8, 4) is 11.3 Å². The van der Waals surface area contributed by atoms with Crippen LogP contribution in [-0.2, 0) is 20.8 Å². The monoisotopic (exact) mass is 449 g/mol. The fourth-order valence-corrected chi connectivity index (χ4v) is 4.54. The first-order valence-electron chi connectivity index (χ1n) is 11.6. The molecular formula is C25H31N5O3. The van der Waals surface area contributed by atoms with Crippen LogP contribution < -0.4 is 9.80 Å². The summed E-state index contributed by atoms with van der Waals surface area (Å²) in [7, 11) is 1.71. The SMILES string of the molecule is COCc1cccc(-c2ccc3c(N4CCOC[C@@H]4C)nc(N4CCOC[C@@H]4C)nc3n2)c1. The van der Waals surface area contributed by atoms with Crippen molar-refractivity contribution >= 4 is 22.8 Å². The predicted octanol–water partition coefficient (Wildman–Crippen LogP) is 3.29. The summed E-state index contributed by atoms with van der Waals surface area (Å²) in [4.78, 5) is 19.6. The Bertz CT molecular complexity index is 1120. The molecule has 2 atom stereocenters. The van der Waals surface area contributed by atoms with Crippen molar-refractivity contribution in [3.05, 3.63) is 42.0 Å². The summed E-state index contributed by atoms with van der Waals surface area (Å²) < 4.78 is 16.6. The second kappa shape index (κ2) is 9.59. The van der Waals surface area contributed by atoms with Gasteiger partial charge in [-0.2, -0.15) is 9.97 Å². The average molecular weight is 450 g/mol. The van der Waals surface area contributed by atoms with Crippen LogP contribution in [0, 0.1) is 0 Å². The number of benzene rings is 1. The van der Waals surface area contributed by atoms with Gasteiger partial charge in [0, 0.05) is 25.8 Å². The number of ether oxygens (including phenoxy) is 3. The summed E-state index contributed by atoms with van der Waals surface area (Å²) in [5, 5.41) is 0.963. The van der Waals surface area contributed by atoms with Crippen molar-refractivity contribution in [1.29, 1.82) is 0 Å². The van der Waals surface area contributed by atoms with E-state index in [1.165, 1.54) is 0 Å². The third kappa shape index (κ3) is 4.51. The highest BCUT2D eigenvalue weighted by Crippen LogP contribution is 2.31. The maximum absolute atomic E-state index is 5.68. The van der Waals surface area contributed by atoms with Gasteiger partial charge in [-0.15, -0.1) is 0 Å². The van der Waals surface area contributed by atoms with Crippen molar-refractivity contribution < 1.29 is 14.2 Å². The van der Waals surface area contributed by atoms with Gasteiger partial charge in [-0.25, -0.2) is 4.98 Å². The van der Waals surface area contributed by atoms with Crippen LogP contribution >= 0.6 is 0 Å². The van der Waals surface area contributed by atoms with Crippen LogP contribution in [0.4, 0.5) is 11.8 Å². The lowest BCUT2D eigenvalue weighted by atomic mass is 10.1. The van der Waals surface area contributed by atoms with E-state index in [0.717, 1.165) is 41.1 Å². The van der Waals surface area contributed by atoms with Gasteiger partial charge in [0.1, 0.15) is 5.82 Å². The number of aromatic nitrogens is 3. The van der Waals surface area contributed by atoms with Gasteiger partial charge in [-0.3, -0.25) is 0 Å². The van der Waals surface area contributed by atoms with E-state index in [4.69, 9.17) is 29.2 Å². The molecule has 0 amide bonds. The maximum Gasteiger partial charge on any atom is 0.229 e. The second-order valence-electron chi connectivity index (χ2n) is 8.78. The zero-order chi connectivity index (χ0) is 22.8. The first-order chi connectivity index (χ1) is 16.1. The molecule has 0 N–H and O–H groups in total. The van der Waals surface area contributed by atoms with E-state index < -0.39 is 0 Å². The van der Waals surface area contributed by atoms with E-state index in [2.05, 4.69) is 54.0 Å². The molecule has 0 aliphatic carbocycles. The summed E-state index contributed by atoms with van der Waals surface area (Å²) in [6.07, 6.45) is 0. The summed E-state index contributed by atoms with van der Waals surface area (Å²) in [6, 6.07) is 12.9. The van der Waals surface area contributed by atoms with E-state index in [1.54, 1.807) is 7.11 Å². The molecule has 4 heterocycles. The smallest absolute Gasteiger partial charge is 0.229 e. The lowest BCUT2D eigenvalue weighted by Gasteiger charge is -2.37. The van der Waals surface area contributed by atoms with Crippen LogP contribution in [0.15, 0.2) is 36.4 Å². The zero-order valence-corrected chi connectivity index (χ0v) is 19.5. The van der Waals surface area contributed by atoms with Crippen LogP contribution in [0.5, 0.6) is 0 Å². The van der Waals surface area contributed by atoms with Gasteiger partial charge in [0.05, 0.1) is 56.2 Å². The molecule has 0 radical (unpaired) electrons. The van der Waals surface area contributed by atoms with Crippen molar-refractivity contribution in [2.75, 3.05) is 56.4 Å². The molecule has 0 saturated carbocycles. The van der Waals surface area contributed by atoms with Crippen molar-refractivity contribution in [1.82, 2.24) is 15.0 Å². The molecule has 0 spiro atoms. The predicted molar refractivity (Wildman–Crippen MR) is 129 cm³/mol. The van der Waals surface area contributed by atoms with Gasteiger partial charge in [0.15, 0.2) is 5.65 Å². The van der Waals surface area contributed by atoms with Crippen LogP contribution in [0.2, 0.25) is 0 Å². The number of morpholine rings is 2. The van der Waals surface area contributed by atoms with E-state index in [0.29, 0.717) is 44.6 Å². The molecule has 2 saturated heterocycles. The fraction of sp³-hybridized carbons (Fsp3) is 0.480. The zero-order valence-electron chi connectivity index (χ0n) is 19.5. The van der Waals surface area contributed by atoms with Crippen LogP contribution in [0.1, 0.15) is 19.4 Å². The molecular weight excluding hydrogens is 418 g/mol. The summed E-state index contributed by atoms with van der Waals surface area (Å²) in [5.74, 6) is 1.64. The van der Waals surface area contributed by atoms with Crippen LogP contribution in [0.3, 0.4) is 0 Å². The Hall–Kier alpha value is -2.81. The average Bonchev–Trinajstić information content (AvgIpc) is 2.84. The van der Waals surface area contributed by atoms with Crippen molar-refractivity contribution in [3.63, 3.8) is 0 Å². The molecule has 2 fully saturated rings.